The minimum Gasteiger partial charge on any atom is -0.476 e. The van der Waals surface area contributed by atoms with Crippen LogP contribution in [0.1, 0.15) is 142 Å². The SMILES string of the molecule is CCCCCCCCCCCCOc1nc(N)c(N)c(OCCCCCCCCCCCC)n1. The summed E-state index contributed by atoms with van der Waals surface area (Å²) in [6, 6.07) is 0.265. The molecular formula is C28H54N4O2. The lowest BCUT2D eigenvalue weighted by atomic mass is 10.1. The summed E-state index contributed by atoms with van der Waals surface area (Å²) in [6.07, 6.45) is 25.8. The normalized spacial score (nSPS) is 11.1. The van der Waals surface area contributed by atoms with E-state index in [1.165, 1.54) is 109 Å². The zero-order valence-corrected chi connectivity index (χ0v) is 22.4. The second-order valence-electron chi connectivity index (χ2n) is 9.67. The maximum Gasteiger partial charge on any atom is 0.321 e. The summed E-state index contributed by atoms with van der Waals surface area (Å²) >= 11 is 0. The van der Waals surface area contributed by atoms with Crippen molar-refractivity contribution < 1.29 is 9.47 Å². The van der Waals surface area contributed by atoms with E-state index in [4.69, 9.17) is 20.9 Å². The van der Waals surface area contributed by atoms with Crippen LogP contribution in [-0.4, -0.2) is 23.2 Å². The van der Waals surface area contributed by atoms with Gasteiger partial charge in [0.2, 0.25) is 5.88 Å². The lowest BCUT2D eigenvalue weighted by Gasteiger charge is -2.11. The standard InChI is InChI=1S/C28H54N4O2/c1-3-5-7-9-11-13-15-17-19-21-23-33-27-25(29)26(30)31-28(32-27)34-24-22-20-18-16-14-12-10-8-6-4-2/h3-24,29H2,1-2H3,(H2,30,31,32). The Kier molecular flexibility index (Phi) is 19.4. The highest BCUT2D eigenvalue weighted by molar-refractivity contribution is 5.64. The van der Waals surface area contributed by atoms with Crippen LogP contribution in [0.25, 0.3) is 0 Å². The van der Waals surface area contributed by atoms with Gasteiger partial charge < -0.3 is 20.9 Å². The van der Waals surface area contributed by atoms with Crippen molar-refractivity contribution in [2.45, 2.75) is 142 Å². The van der Waals surface area contributed by atoms with Crippen LogP contribution in [0.5, 0.6) is 11.9 Å². The third-order valence-electron chi connectivity index (χ3n) is 6.39. The van der Waals surface area contributed by atoms with E-state index in [0.717, 1.165) is 19.3 Å². The van der Waals surface area contributed by atoms with E-state index in [1.807, 2.05) is 0 Å². The number of anilines is 2. The smallest absolute Gasteiger partial charge is 0.321 e. The number of nitrogens with zero attached hydrogens (tertiary/aromatic N) is 2. The molecule has 0 aliphatic heterocycles. The molecule has 0 unspecified atom stereocenters. The number of nitrogens with two attached hydrogens (primary N) is 2. The van der Waals surface area contributed by atoms with E-state index < -0.39 is 0 Å². The first kappa shape index (κ1) is 30.3. The van der Waals surface area contributed by atoms with Gasteiger partial charge in [0.25, 0.3) is 0 Å². The number of hydrogen-bond donors (Lipinski definition) is 2. The van der Waals surface area contributed by atoms with Crippen LogP contribution in [0.2, 0.25) is 0 Å². The highest BCUT2D eigenvalue weighted by atomic mass is 16.5. The molecule has 6 nitrogen and oxygen atoms in total. The monoisotopic (exact) mass is 478 g/mol. The van der Waals surface area contributed by atoms with Crippen molar-refractivity contribution in [3.05, 3.63) is 0 Å². The molecule has 0 atom stereocenters. The summed E-state index contributed by atoms with van der Waals surface area (Å²) in [4.78, 5) is 8.50. The van der Waals surface area contributed by atoms with Crippen LogP contribution in [0, 0.1) is 0 Å². The fourth-order valence-electron chi connectivity index (χ4n) is 4.13. The third kappa shape index (κ3) is 16.0. The van der Waals surface area contributed by atoms with Gasteiger partial charge in [0.1, 0.15) is 5.69 Å². The summed E-state index contributed by atoms with van der Waals surface area (Å²) in [5.74, 6) is 0.577. The highest BCUT2D eigenvalue weighted by Gasteiger charge is 2.12. The van der Waals surface area contributed by atoms with Gasteiger partial charge in [0.15, 0.2) is 5.82 Å². The van der Waals surface area contributed by atoms with Crippen LogP contribution in [0.4, 0.5) is 11.5 Å². The molecule has 0 amide bonds. The Balaban J connectivity index is 2.11. The van der Waals surface area contributed by atoms with Gasteiger partial charge in [0.05, 0.1) is 13.2 Å². The topological polar surface area (TPSA) is 96.3 Å². The fourth-order valence-corrected chi connectivity index (χ4v) is 4.13. The van der Waals surface area contributed by atoms with E-state index in [1.54, 1.807) is 0 Å². The van der Waals surface area contributed by atoms with E-state index in [-0.39, 0.29) is 11.8 Å². The van der Waals surface area contributed by atoms with Gasteiger partial charge in [-0.25, -0.2) is 0 Å². The predicted octanol–water partition coefficient (Wildman–Crippen LogP) is 8.24. The van der Waals surface area contributed by atoms with E-state index in [2.05, 4.69) is 23.8 Å². The van der Waals surface area contributed by atoms with Gasteiger partial charge in [-0.15, -0.1) is 0 Å². The first-order valence-electron chi connectivity index (χ1n) is 14.4. The summed E-state index contributed by atoms with van der Waals surface area (Å²) in [5.41, 5.74) is 12.3. The Morgan fingerprint density at radius 2 is 0.882 bits per heavy atom. The lowest BCUT2D eigenvalue weighted by Crippen LogP contribution is -2.09. The van der Waals surface area contributed by atoms with E-state index in [0.29, 0.717) is 24.8 Å². The van der Waals surface area contributed by atoms with Gasteiger partial charge in [-0.1, -0.05) is 129 Å². The predicted molar refractivity (Wildman–Crippen MR) is 146 cm³/mol. The van der Waals surface area contributed by atoms with Crippen molar-refractivity contribution in [3.8, 4) is 11.9 Å². The van der Waals surface area contributed by atoms with Gasteiger partial charge >= 0.3 is 6.01 Å². The van der Waals surface area contributed by atoms with Gasteiger partial charge in [0, 0.05) is 0 Å². The second kappa shape index (κ2) is 21.8. The Hall–Kier alpha value is -1.72. The maximum absolute atomic E-state index is 6.01. The number of nitrogen functional groups attached to an aromatic ring is 2. The van der Waals surface area contributed by atoms with Crippen LogP contribution >= 0.6 is 0 Å². The summed E-state index contributed by atoms with van der Waals surface area (Å²) < 4.78 is 11.5. The molecule has 0 aliphatic rings. The van der Waals surface area contributed by atoms with Crippen molar-refractivity contribution in [1.29, 1.82) is 0 Å². The highest BCUT2D eigenvalue weighted by Crippen LogP contribution is 2.26. The number of rotatable bonds is 24. The van der Waals surface area contributed by atoms with Crippen LogP contribution in [0.15, 0.2) is 0 Å². The Bertz CT molecular complexity index is 598. The molecule has 1 aromatic rings. The molecule has 0 aliphatic carbocycles. The number of aromatic nitrogens is 2. The molecule has 0 spiro atoms. The first-order chi connectivity index (χ1) is 16.7. The lowest BCUT2D eigenvalue weighted by molar-refractivity contribution is 0.262. The number of ether oxygens (including phenoxy) is 2. The molecule has 0 bridgehead atoms. The molecule has 0 radical (unpaired) electrons. The molecule has 1 aromatic heterocycles. The molecule has 0 saturated carbocycles. The molecule has 4 N–H and O–H groups in total. The summed E-state index contributed by atoms with van der Waals surface area (Å²) in [7, 11) is 0. The minimum absolute atomic E-state index is 0.228. The van der Waals surface area contributed by atoms with Crippen molar-refractivity contribution in [2.75, 3.05) is 24.7 Å². The van der Waals surface area contributed by atoms with Gasteiger partial charge in [-0.05, 0) is 12.8 Å². The van der Waals surface area contributed by atoms with E-state index in [9.17, 15) is 0 Å². The van der Waals surface area contributed by atoms with Crippen LogP contribution in [0.3, 0.4) is 0 Å². The zero-order valence-electron chi connectivity index (χ0n) is 22.4. The summed E-state index contributed by atoms with van der Waals surface area (Å²) in [6.45, 7) is 5.71. The summed E-state index contributed by atoms with van der Waals surface area (Å²) in [5, 5.41) is 0. The quantitative estimate of drug-likeness (QED) is 0.145. The largest absolute Gasteiger partial charge is 0.476 e. The van der Waals surface area contributed by atoms with E-state index >= 15 is 0 Å². The third-order valence-corrected chi connectivity index (χ3v) is 6.39. The number of unbranched alkanes of at least 4 members (excludes halogenated alkanes) is 18. The molecule has 0 aromatic carbocycles. The van der Waals surface area contributed by atoms with Crippen molar-refractivity contribution in [1.82, 2.24) is 9.97 Å². The molecular weight excluding hydrogens is 424 g/mol. The molecule has 1 heterocycles. The molecule has 1 rings (SSSR count). The first-order valence-corrected chi connectivity index (χ1v) is 14.4. The van der Waals surface area contributed by atoms with Crippen LogP contribution < -0.4 is 20.9 Å². The molecule has 198 valence electrons. The minimum atomic E-state index is 0.228. The Labute approximate surface area is 210 Å². The number of hydrogen-bond acceptors (Lipinski definition) is 6. The van der Waals surface area contributed by atoms with Gasteiger partial charge in [-0.3, -0.25) is 0 Å². The fraction of sp³-hybridized carbons (Fsp3) is 0.857. The Morgan fingerprint density at radius 3 is 1.32 bits per heavy atom. The van der Waals surface area contributed by atoms with Crippen LogP contribution in [-0.2, 0) is 0 Å². The maximum atomic E-state index is 6.01. The molecule has 0 saturated heterocycles. The van der Waals surface area contributed by atoms with Gasteiger partial charge in [-0.2, -0.15) is 9.97 Å². The molecule has 0 fully saturated rings. The average Bonchev–Trinajstić information content (AvgIpc) is 2.83. The Morgan fingerprint density at radius 1 is 0.500 bits per heavy atom. The molecule has 34 heavy (non-hydrogen) atoms. The average molecular weight is 479 g/mol. The molecule has 6 heteroatoms. The van der Waals surface area contributed by atoms with Crippen molar-refractivity contribution >= 4 is 11.5 Å². The van der Waals surface area contributed by atoms with Crippen molar-refractivity contribution in [2.24, 2.45) is 0 Å². The zero-order chi connectivity index (χ0) is 24.7. The second-order valence-corrected chi connectivity index (χ2v) is 9.67. The van der Waals surface area contributed by atoms with Crippen molar-refractivity contribution in [3.63, 3.8) is 0 Å².